The summed E-state index contributed by atoms with van der Waals surface area (Å²) in [5.41, 5.74) is 0.255. The Labute approximate surface area is 127 Å². The van der Waals surface area contributed by atoms with Gasteiger partial charge in [0.05, 0.1) is 12.2 Å². The highest BCUT2D eigenvalue weighted by Gasteiger charge is 2.30. The van der Waals surface area contributed by atoms with Crippen LogP contribution in [0.2, 0.25) is 0 Å². The third-order valence-corrected chi connectivity index (χ3v) is 3.86. The summed E-state index contributed by atoms with van der Waals surface area (Å²) in [5, 5.41) is 0. The summed E-state index contributed by atoms with van der Waals surface area (Å²) in [6.07, 6.45) is 7.29. The fourth-order valence-corrected chi connectivity index (χ4v) is 2.16. The minimum Gasteiger partial charge on any atom is -0.233 e. The summed E-state index contributed by atoms with van der Waals surface area (Å²) in [5.74, 6) is 0. The Morgan fingerprint density at radius 3 is 1.15 bits per heavy atom. The van der Waals surface area contributed by atoms with Crippen LogP contribution in [0.15, 0.2) is 0 Å². The van der Waals surface area contributed by atoms with Gasteiger partial charge in [0.15, 0.2) is 0 Å². The number of hydrogen-bond donors (Lipinski definition) is 0. The van der Waals surface area contributed by atoms with Crippen LogP contribution < -0.4 is 0 Å². The van der Waals surface area contributed by atoms with Gasteiger partial charge in [0.25, 0.3) is 0 Å². The van der Waals surface area contributed by atoms with Gasteiger partial charge < -0.3 is 0 Å². The quantitative estimate of drug-likeness (QED) is 0.374. The van der Waals surface area contributed by atoms with Crippen LogP contribution in [0.25, 0.3) is 0 Å². The van der Waals surface area contributed by atoms with E-state index in [-0.39, 0.29) is 23.0 Å². The maximum Gasteiger partial charge on any atom is 0.0978 e. The summed E-state index contributed by atoms with van der Waals surface area (Å²) >= 11 is 0. The predicted octanol–water partition coefficient (Wildman–Crippen LogP) is 6.14. The monoisotopic (exact) mass is 286 g/mol. The van der Waals surface area contributed by atoms with Gasteiger partial charge >= 0.3 is 0 Å². The molecule has 0 aliphatic heterocycles. The normalized spacial score (nSPS) is 16.2. The Hall–Kier alpha value is -0.0800. The molecule has 0 aromatic rings. The van der Waals surface area contributed by atoms with Gasteiger partial charge in [-0.05, 0) is 23.7 Å². The van der Waals surface area contributed by atoms with Gasteiger partial charge in [-0.3, -0.25) is 0 Å². The number of unbranched alkanes of at least 4 members (excludes halogenated alkanes) is 2. The molecule has 0 fully saturated rings. The van der Waals surface area contributed by atoms with Crippen LogP contribution in [0.1, 0.15) is 93.9 Å². The van der Waals surface area contributed by atoms with Crippen LogP contribution in [0.4, 0.5) is 0 Å². The van der Waals surface area contributed by atoms with Crippen LogP contribution in [-0.4, -0.2) is 12.2 Å². The van der Waals surface area contributed by atoms with Crippen LogP contribution in [-0.2, 0) is 9.78 Å². The second-order valence-corrected chi connectivity index (χ2v) is 8.19. The molecule has 20 heavy (non-hydrogen) atoms. The van der Waals surface area contributed by atoms with Gasteiger partial charge in [0, 0.05) is 0 Å². The summed E-state index contributed by atoms with van der Waals surface area (Å²) in [6, 6.07) is 0. The van der Waals surface area contributed by atoms with E-state index in [9.17, 15) is 0 Å². The first-order valence-corrected chi connectivity index (χ1v) is 8.45. The van der Waals surface area contributed by atoms with E-state index in [0.29, 0.717) is 0 Å². The Morgan fingerprint density at radius 2 is 0.950 bits per heavy atom. The molecule has 2 heteroatoms. The predicted molar refractivity (Wildman–Crippen MR) is 87.7 cm³/mol. The molecule has 2 nitrogen and oxygen atoms in total. The van der Waals surface area contributed by atoms with Crippen molar-refractivity contribution in [2.45, 2.75) is 106 Å². The van der Waals surface area contributed by atoms with Crippen molar-refractivity contribution in [2.24, 2.45) is 10.8 Å². The van der Waals surface area contributed by atoms with Crippen LogP contribution >= 0.6 is 0 Å². The summed E-state index contributed by atoms with van der Waals surface area (Å²) in [4.78, 5) is 11.8. The van der Waals surface area contributed by atoms with E-state index in [1.807, 2.05) is 0 Å². The van der Waals surface area contributed by atoms with Crippen LogP contribution in [0, 0.1) is 10.8 Å². The second-order valence-electron chi connectivity index (χ2n) is 8.19. The zero-order valence-electron chi connectivity index (χ0n) is 15.2. The lowest BCUT2D eigenvalue weighted by molar-refractivity contribution is -0.380. The van der Waals surface area contributed by atoms with E-state index in [1.54, 1.807) is 0 Å². The smallest absolute Gasteiger partial charge is 0.0978 e. The molecule has 0 saturated carbocycles. The zero-order chi connectivity index (χ0) is 15.8. The summed E-state index contributed by atoms with van der Waals surface area (Å²) in [7, 11) is 0. The highest BCUT2D eigenvalue weighted by atomic mass is 17.2. The van der Waals surface area contributed by atoms with Crippen molar-refractivity contribution in [2.75, 3.05) is 0 Å². The Bertz CT molecular complexity index is 209. The SMILES string of the molecule is CCCCC(OOC(CCCC)C(C)(C)C)C(C)(C)C. The van der Waals surface area contributed by atoms with Crippen molar-refractivity contribution in [3.8, 4) is 0 Å². The molecular weight excluding hydrogens is 248 g/mol. The topological polar surface area (TPSA) is 18.5 Å². The van der Waals surface area contributed by atoms with E-state index in [4.69, 9.17) is 9.78 Å². The Balaban J connectivity index is 4.53. The van der Waals surface area contributed by atoms with Crippen molar-refractivity contribution >= 4 is 0 Å². The molecule has 0 aliphatic rings. The fourth-order valence-electron chi connectivity index (χ4n) is 2.16. The van der Waals surface area contributed by atoms with E-state index in [0.717, 1.165) is 12.8 Å². The third-order valence-electron chi connectivity index (χ3n) is 3.86. The third kappa shape index (κ3) is 8.26. The van der Waals surface area contributed by atoms with Crippen molar-refractivity contribution in [1.82, 2.24) is 0 Å². The minimum atomic E-state index is 0.127. The van der Waals surface area contributed by atoms with Crippen LogP contribution in [0.5, 0.6) is 0 Å². The average Bonchev–Trinajstić information content (AvgIpc) is 2.29. The van der Waals surface area contributed by atoms with E-state index >= 15 is 0 Å². The lowest BCUT2D eigenvalue weighted by atomic mass is 9.85. The molecule has 2 atom stereocenters. The summed E-state index contributed by atoms with van der Waals surface area (Å²) in [6.45, 7) is 17.8. The molecule has 0 aromatic heterocycles. The summed E-state index contributed by atoms with van der Waals surface area (Å²) < 4.78 is 0. The molecule has 0 heterocycles. The molecule has 0 N–H and O–H groups in total. The fraction of sp³-hybridized carbons (Fsp3) is 1.00. The van der Waals surface area contributed by atoms with Gasteiger partial charge in [-0.25, -0.2) is 9.78 Å². The van der Waals surface area contributed by atoms with Crippen molar-refractivity contribution in [3.05, 3.63) is 0 Å². The largest absolute Gasteiger partial charge is 0.233 e. The molecule has 0 spiro atoms. The molecule has 0 saturated heterocycles. The van der Waals surface area contributed by atoms with Crippen molar-refractivity contribution in [1.29, 1.82) is 0 Å². The minimum absolute atomic E-state index is 0.127. The van der Waals surface area contributed by atoms with Gasteiger partial charge in [-0.15, -0.1) is 0 Å². The van der Waals surface area contributed by atoms with E-state index < -0.39 is 0 Å². The average molecular weight is 286 g/mol. The molecular formula is C18H38O2. The molecule has 2 unspecified atom stereocenters. The maximum atomic E-state index is 5.89. The van der Waals surface area contributed by atoms with Crippen LogP contribution in [0.3, 0.4) is 0 Å². The molecule has 122 valence electrons. The Morgan fingerprint density at radius 1 is 0.650 bits per heavy atom. The van der Waals surface area contributed by atoms with E-state index in [2.05, 4.69) is 55.4 Å². The van der Waals surface area contributed by atoms with Crippen molar-refractivity contribution < 1.29 is 9.78 Å². The van der Waals surface area contributed by atoms with Gasteiger partial charge in [-0.2, -0.15) is 0 Å². The molecule has 0 bridgehead atoms. The first-order valence-electron chi connectivity index (χ1n) is 8.45. The second kappa shape index (κ2) is 9.04. The molecule has 0 aliphatic carbocycles. The molecule has 0 radical (unpaired) electrons. The highest BCUT2D eigenvalue weighted by Crippen LogP contribution is 2.31. The zero-order valence-corrected chi connectivity index (χ0v) is 15.2. The number of hydrogen-bond acceptors (Lipinski definition) is 2. The first kappa shape index (κ1) is 19.9. The standard InChI is InChI=1S/C18H38O2/c1-9-11-13-15(17(3,4)5)19-20-16(14-12-10-2)18(6,7)8/h15-16H,9-14H2,1-8H3. The van der Waals surface area contributed by atoms with Crippen molar-refractivity contribution in [3.63, 3.8) is 0 Å². The first-order chi connectivity index (χ1) is 9.12. The van der Waals surface area contributed by atoms with Gasteiger partial charge in [0.1, 0.15) is 0 Å². The lowest BCUT2D eigenvalue weighted by Gasteiger charge is -2.34. The number of rotatable bonds is 9. The molecule has 0 rings (SSSR count). The highest BCUT2D eigenvalue weighted by molar-refractivity contribution is 4.76. The van der Waals surface area contributed by atoms with Gasteiger partial charge in [-0.1, -0.05) is 81.1 Å². The van der Waals surface area contributed by atoms with Gasteiger partial charge in [0.2, 0.25) is 0 Å². The molecule has 0 aromatic carbocycles. The molecule has 0 amide bonds. The van der Waals surface area contributed by atoms with E-state index in [1.165, 1.54) is 25.7 Å². The Kier molecular flexibility index (Phi) is 9.01. The lowest BCUT2D eigenvalue weighted by Crippen LogP contribution is -2.35. The maximum absolute atomic E-state index is 5.89.